The van der Waals surface area contributed by atoms with Crippen LogP contribution in [0.5, 0.6) is 5.88 Å². The molecule has 0 bridgehead atoms. The first-order valence-electron chi connectivity index (χ1n) is 12.7. The molecule has 1 aliphatic heterocycles. The second kappa shape index (κ2) is 13.3. The standard InChI is InChI=1S/C26H39N3O8/c1-14(2)21-18(25(29-28-21)37-26-24(35)23(34)22(33)19(13-31)36-26)11-17-9-7-16(8-10-17)5-4-6-20(32)27-15(3)12-30/h7-10,14-15,19,22-24,26,30-31,33-35H,4-6,11-13H2,1-3H3,(H,27,32)(H,28,29)/t15-,19+,22+,23-,24+,26-/m0/s1. The third-order valence-electron chi connectivity index (χ3n) is 6.47. The van der Waals surface area contributed by atoms with Gasteiger partial charge in [-0.3, -0.25) is 9.89 Å². The molecule has 1 saturated heterocycles. The summed E-state index contributed by atoms with van der Waals surface area (Å²) in [5.74, 6) is 0.236. The molecule has 37 heavy (non-hydrogen) atoms. The van der Waals surface area contributed by atoms with Crippen LogP contribution < -0.4 is 10.1 Å². The highest BCUT2D eigenvalue weighted by Crippen LogP contribution is 2.31. The van der Waals surface area contributed by atoms with Gasteiger partial charge in [0.2, 0.25) is 18.1 Å². The fourth-order valence-corrected chi connectivity index (χ4v) is 4.26. The molecule has 1 amide bonds. The largest absolute Gasteiger partial charge is 0.443 e. The summed E-state index contributed by atoms with van der Waals surface area (Å²) < 4.78 is 11.3. The van der Waals surface area contributed by atoms with Crippen molar-refractivity contribution in [2.45, 2.75) is 89.1 Å². The number of aromatic amines is 1. The molecule has 0 aliphatic carbocycles. The number of carbonyl (C=O) groups excluding carboxylic acids is 1. The number of aryl methyl sites for hydroxylation is 1. The van der Waals surface area contributed by atoms with Gasteiger partial charge >= 0.3 is 0 Å². The SMILES string of the molecule is CC(C)c1[nH]nc(O[C@@H]2O[C@H](CO)[C@@H](O)[C@H](O)[C@H]2O)c1Cc1ccc(CCCC(=O)N[C@@H](C)CO)cc1. The van der Waals surface area contributed by atoms with E-state index in [1.165, 1.54) is 0 Å². The van der Waals surface area contributed by atoms with Crippen molar-refractivity contribution in [2.24, 2.45) is 0 Å². The van der Waals surface area contributed by atoms with Crippen LogP contribution in [0.1, 0.15) is 61.9 Å². The lowest BCUT2D eigenvalue weighted by molar-refractivity contribution is -0.278. The van der Waals surface area contributed by atoms with Crippen LogP contribution in [0.15, 0.2) is 24.3 Å². The number of rotatable bonds is 12. The summed E-state index contributed by atoms with van der Waals surface area (Å²) >= 11 is 0. The van der Waals surface area contributed by atoms with Gasteiger partial charge in [-0.05, 0) is 36.8 Å². The highest BCUT2D eigenvalue weighted by atomic mass is 16.7. The van der Waals surface area contributed by atoms with Gasteiger partial charge in [0.05, 0.1) is 13.2 Å². The molecule has 0 radical (unpaired) electrons. The van der Waals surface area contributed by atoms with Crippen LogP contribution in [0.25, 0.3) is 0 Å². The number of carbonyl (C=O) groups is 1. The van der Waals surface area contributed by atoms with E-state index in [2.05, 4.69) is 15.5 Å². The number of nitrogens with zero attached hydrogens (tertiary/aromatic N) is 1. The van der Waals surface area contributed by atoms with Gasteiger partial charge in [0.15, 0.2) is 0 Å². The molecular weight excluding hydrogens is 482 g/mol. The number of aliphatic hydroxyl groups is 5. The van der Waals surface area contributed by atoms with Gasteiger partial charge in [0.25, 0.3) is 0 Å². The Morgan fingerprint density at radius 2 is 1.76 bits per heavy atom. The van der Waals surface area contributed by atoms with E-state index in [1.807, 2.05) is 38.1 Å². The highest BCUT2D eigenvalue weighted by Gasteiger charge is 2.45. The van der Waals surface area contributed by atoms with Gasteiger partial charge in [-0.1, -0.05) is 38.1 Å². The van der Waals surface area contributed by atoms with Crippen LogP contribution in [-0.2, 0) is 22.4 Å². The minimum Gasteiger partial charge on any atom is -0.443 e. The van der Waals surface area contributed by atoms with Gasteiger partial charge < -0.3 is 40.3 Å². The first kappa shape index (κ1) is 29.0. The molecule has 6 atom stereocenters. The van der Waals surface area contributed by atoms with Crippen molar-refractivity contribution in [3.63, 3.8) is 0 Å². The normalized spacial score (nSPS) is 24.7. The van der Waals surface area contributed by atoms with Crippen molar-refractivity contribution in [3.05, 3.63) is 46.6 Å². The number of H-pyrrole nitrogens is 1. The Hall–Kier alpha value is -2.54. The fourth-order valence-electron chi connectivity index (χ4n) is 4.26. The maximum Gasteiger partial charge on any atom is 0.238 e. The maximum absolute atomic E-state index is 11.9. The van der Waals surface area contributed by atoms with E-state index in [9.17, 15) is 25.2 Å². The van der Waals surface area contributed by atoms with Gasteiger partial charge in [-0.25, -0.2) is 0 Å². The molecule has 206 valence electrons. The Bertz CT molecular complexity index is 994. The molecule has 1 aromatic carbocycles. The van der Waals surface area contributed by atoms with Crippen molar-refractivity contribution in [3.8, 4) is 5.88 Å². The number of aromatic nitrogens is 2. The molecule has 2 heterocycles. The van der Waals surface area contributed by atoms with E-state index >= 15 is 0 Å². The Labute approximate surface area is 216 Å². The second-order valence-corrected chi connectivity index (χ2v) is 9.89. The average molecular weight is 522 g/mol. The minimum absolute atomic E-state index is 0.0775. The van der Waals surface area contributed by atoms with E-state index in [0.29, 0.717) is 19.3 Å². The van der Waals surface area contributed by atoms with E-state index in [1.54, 1.807) is 6.92 Å². The average Bonchev–Trinajstić information content (AvgIpc) is 3.27. The molecule has 0 saturated carbocycles. The van der Waals surface area contributed by atoms with Gasteiger partial charge in [-0.2, -0.15) is 0 Å². The Balaban J connectivity index is 1.66. The van der Waals surface area contributed by atoms with Crippen molar-refractivity contribution in [1.82, 2.24) is 15.5 Å². The molecule has 11 nitrogen and oxygen atoms in total. The third kappa shape index (κ3) is 7.50. The lowest BCUT2D eigenvalue weighted by Gasteiger charge is -2.39. The van der Waals surface area contributed by atoms with Crippen LogP contribution >= 0.6 is 0 Å². The predicted octanol–water partition coefficient (Wildman–Crippen LogP) is 0.122. The summed E-state index contributed by atoms with van der Waals surface area (Å²) in [4.78, 5) is 11.9. The lowest BCUT2D eigenvalue weighted by Crippen LogP contribution is -2.60. The van der Waals surface area contributed by atoms with Crippen molar-refractivity contribution >= 4 is 5.91 Å². The van der Waals surface area contributed by atoms with E-state index in [0.717, 1.165) is 28.8 Å². The maximum atomic E-state index is 11.9. The van der Waals surface area contributed by atoms with Gasteiger partial charge in [0, 0.05) is 30.1 Å². The summed E-state index contributed by atoms with van der Waals surface area (Å²) in [6, 6.07) is 7.77. The molecule has 1 aromatic heterocycles. The number of aliphatic hydroxyl groups excluding tert-OH is 5. The number of hydrogen-bond acceptors (Lipinski definition) is 9. The zero-order valence-electron chi connectivity index (χ0n) is 21.5. The first-order chi connectivity index (χ1) is 17.6. The molecular formula is C26H39N3O8. The van der Waals surface area contributed by atoms with E-state index in [-0.39, 0.29) is 30.4 Å². The molecule has 0 spiro atoms. The zero-order chi connectivity index (χ0) is 27.1. The smallest absolute Gasteiger partial charge is 0.238 e. The molecule has 2 aromatic rings. The number of amides is 1. The number of benzene rings is 1. The number of nitrogens with one attached hydrogen (secondary N) is 2. The third-order valence-corrected chi connectivity index (χ3v) is 6.47. The zero-order valence-corrected chi connectivity index (χ0v) is 21.5. The van der Waals surface area contributed by atoms with Crippen LogP contribution in [-0.4, -0.2) is 91.6 Å². The molecule has 7 N–H and O–H groups in total. The van der Waals surface area contributed by atoms with Crippen LogP contribution in [0.4, 0.5) is 0 Å². The minimum atomic E-state index is -1.54. The lowest BCUT2D eigenvalue weighted by atomic mass is 9.97. The molecule has 11 heteroatoms. The molecule has 1 fully saturated rings. The van der Waals surface area contributed by atoms with Crippen LogP contribution in [0.2, 0.25) is 0 Å². The Kier molecular flexibility index (Phi) is 10.4. The predicted molar refractivity (Wildman–Crippen MR) is 134 cm³/mol. The Morgan fingerprint density at radius 1 is 1.08 bits per heavy atom. The topological polar surface area (TPSA) is 177 Å². The summed E-state index contributed by atoms with van der Waals surface area (Å²) in [7, 11) is 0. The second-order valence-electron chi connectivity index (χ2n) is 9.89. The highest BCUT2D eigenvalue weighted by molar-refractivity contribution is 5.76. The van der Waals surface area contributed by atoms with Gasteiger partial charge in [-0.15, -0.1) is 5.10 Å². The monoisotopic (exact) mass is 521 g/mol. The molecule has 1 aliphatic rings. The van der Waals surface area contributed by atoms with E-state index in [4.69, 9.17) is 14.6 Å². The fraction of sp³-hybridized carbons (Fsp3) is 0.615. The summed E-state index contributed by atoms with van der Waals surface area (Å²) in [6.07, 6.45) is -4.63. The van der Waals surface area contributed by atoms with Crippen molar-refractivity contribution in [1.29, 1.82) is 0 Å². The summed E-state index contributed by atoms with van der Waals surface area (Å²) in [5.41, 5.74) is 3.72. The van der Waals surface area contributed by atoms with Crippen molar-refractivity contribution < 1.29 is 39.8 Å². The summed E-state index contributed by atoms with van der Waals surface area (Å²) in [6.45, 7) is 5.14. The summed E-state index contributed by atoms with van der Waals surface area (Å²) in [5, 5.41) is 58.9. The van der Waals surface area contributed by atoms with Crippen LogP contribution in [0.3, 0.4) is 0 Å². The Morgan fingerprint density at radius 3 is 2.38 bits per heavy atom. The van der Waals surface area contributed by atoms with Crippen molar-refractivity contribution in [2.75, 3.05) is 13.2 Å². The van der Waals surface area contributed by atoms with Gasteiger partial charge in [0.1, 0.15) is 24.4 Å². The quantitative estimate of drug-likeness (QED) is 0.204. The van der Waals surface area contributed by atoms with Crippen LogP contribution in [0, 0.1) is 0 Å². The number of ether oxygens (including phenoxy) is 2. The van der Waals surface area contributed by atoms with E-state index < -0.39 is 37.3 Å². The molecule has 0 unspecified atom stereocenters. The number of hydrogen-bond donors (Lipinski definition) is 7. The molecule has 3 rings (SSSR count). The first-order valence-corrected chi connectivity index (χ1v) is 12.7.